The van der Waals surface area contributed by atoms with Gasteiger partial charge in [-0.2, -0.15) is 5.10 Å². The molecule has 2 heterocycles. The van der Waals surface area contributed by atoms with Crippen molar-refractivity contribution >= 4 is 5.91 Å². The van der Waals surface area contributed by atoms with E-state index < -0.39 is 0 Å². The fraction of sp³-hybridized carbons (Fsp3) is 0.375. The molecule has 0 saturated heterocycles. The lowest BCUT2D eigenvalue weighted by Gasteiger charge is -2.28. The zero-order valence-electron chi connectivity index (χ0n) is 11.9. The van der Waals surface area contributed by atoms with Gasteiger partial charge in [0.15, 0.2) is 0 Å². The number of para-hydroxylation sites is 1. The summed E-state index contributed by atoms with van der Waals surface area (Å²) < 4.78 is 1.99. The van der Waals surface area contributed by atoms with Crippen molar-refractivity contribution in [1.29, 1.82) is 0 Å². The summed E-state index contributed by atoms with van der Waals surface area (Å²) in [6, 6.07) is 10.1. The van der Waals surface area contributed by atoms with Crippen LogP contribution < -0.4 is 0 Å². The van der Waals surface area contributed by atoms with E-state index in [9.17, 15) is 4.79 Å². The Hall–Kier alpha value is -2.10. The quantitative estimate of drug-likeness (QED) is 0.839. The summed E-state index contributed by atoms with van der Waals surface area (Å²) in [5.74, 6) is 0.281. The molecule has 104 valence electrons. The van der Waals surface area contributed by atoms with Crippen molar-refractivity contribution in [3.05, 3.63) is 47.8 Å². The van der Waals surface area contributed by atoms with Gasteiger partial charge in [-0.1, -0.05) is 32.0 Å². The third-order valence-electron chi connectivity index (χ3n) is 3.74. The highest BCUT2D eigenvalue weighted by Crippen LogP contribution is 2.22. The second kappa shape index (κ2) is 5.12. The monoisotopic (exact) mass is 269 g/mol. The predicted molar refractivity (Wildman–Crippen MR) is 77.5 cm³/mol. The number of carbonyl (C=O) groups excluding carboxylic acids is 1. The summed E-state index contributed by atoms with van der Waals surface area (Å²) in [4.78, 5) is 14.0. The first-order chi connectivity index (χ1) is 9.66. The molecule has 1 amide bonds. The summed E-state index contributed by atoms with van der Waals surface area (Å²) in [5, 5.41) is 4.49. The molecule has 0 bridgehead atoms. The van der Waals surface area contributed by atoms with Gasteiger partial charge >= 0.3 is 0 Å². The molecule has 4 nitrogen and oxygen atoms in total. The Balaban J connectivity index is 1.87. The lowest BCUT2D eigenvalue weighted by atomic mass is 10.1. The Morgan fingerprint density at radius 1 is 1.25 bits per heavy atom. The second-order valence-electron chi connectivity index (χ2n) is 5.53. The maximum Gasteiger partial charge on any atom is 0.225 e. The maximum atomic E-state index is 12.1. The van der Waals surface area contributed by atoms with Crippen molar-refractivity contribution in [3.63, 3.8) is 0 Å². The van der Waals surface area contributed by atoms with Crippen molar-refractivity contribution < 1.29 is 4.79 Å². The van der Waals surface area contributed by atoms with Crippen molar-refractivity contribution in [2.45, 2.75) is 26.8 Å². The number of aromatic nitrogens is 2. The highest BCUT2D eigenvalue weighted by Gasteiger charge is 2.25. The van der Waals surface area contributed by atoms with Crippen LogP contribution in [-0.4, -0.2) is 27.1 Å². The molecule has 0 N–H and O–H groups in total. The van der Waals surface area contributed by atoms with Gasteiger partial charge in [0.05, 0.1) is 17.6 Å². The van der Waals surface area contributed by atoms with E-state index in [0.29, 0.717) is 6.54 Å². The minimum absolute atomic E-state index is 0.0562. The summed E-state index contributed by atoms with van der Waals surface area (Å²) in [6.45, 7) is 5.36. The number of nitrogens with zero attached hydrogens (tertiary/aromatic N) is 3. The third kappa shape index (κ3) is 2.22. The molecule has 1 aliphatic heterocycles. The molecule has 0 saturated carbocycles. The Kier molecular flexibility index (Phi) is 3.30. The largest absolute Gasteiger partial charge is 0.338 e. The molecule has 0 unspecified atom stereocenters. The minimum Gasteiger partial charge on any atom is -0.338 e. The van der Waals surface area contributed by atoms with E-state index in [-0.39, 0.29) is 11.8 Å². The van der Waals surface area contributed by atoms with Gasteiger partial charge in [-0.15, -0.1) is 0 Å². The molecular formula is C16H19N3O. The van der Waals surface area contributed by atoms with Crippen molar-refractivity contribution in [3.8, 4) is 5.69 Å². The van der Waals surface area contributed by atoms with Gasteiger partial charge in [0.1, 0.15) is 0 Å². The van der Waals surface area contributed by atoms with Crippen LogP contribution in [0.2, 0.25) is 0 Å². The minimum atomic E-state index is 0.0562. The fourth-order valence-electron chi connectivity index (χ4n) is 2.68. The first-order valence-corrected chi connectivity index (χ1v) is 7.07. The molecule has 0 atom stereocenters. The molecule has 4 heteroatoms. The Bertz CT molecular complexity index is 616. The van der Waals surface area contributed by atoms with E-state index in [4.69, 9.17) is 0 Å². The van der Waals surface area contributed by atoms with Crippen molar-refractivity contribution in [1.82, 2.24) is 14.7 Å². The van der Waals surface area contributed by atoms with Crippen LogP contribution in [0.4, 0.5) is 0 Å². The molecule has 1 aromatic carbocycles. The van der Waals surface area contributed by atoms with Gasteiger partial charge in [-0.25, -0.2) is 4.68 Å². The molecule has 0 spiro atoms. The number of carbonyl (C=O) groups is 1. The van der Waals surface area contributed by atoms with E-state index in [2.05, 4.69) is 17.2 Å². The van der Waals surface area contributed by atoms with Gasteiger partial charge in [0, 0.05) is 31.0 Å². The van der Waals surface area contributed by atoms with E-state index in [0.717, 1.165) is 24.2 Å². The molecule has 0 fully saturated rings. The Morgan fingerprint density at radius 3 is 2.70 bits per heavy atom. The molecule has 1 aromatic heterocycles. The number of hydrogen-bond donors (Lipinski definition) is 0. The van der Waals surface area contributed by atoms with Crippen LogP contribution in [0.25, 0.3) is 5.69 Å². The van der Waals surface area contributed by atoms with Crippen LogP contribution in [0.15, 0.2) is 36.5 Å². The lowest BCUT2D eigenvalue weighted by molar-refractivity contribution is -0.135. The molecule has 3 rings (SSSR count). The summed E-state index contributed by atoms with van der Waals surface area (Å²) in [5.41, 5.74) is 3.47. The Morgan fingerprint density at radius 2 is 2.00 bits per heavy atom. The number of fused-ring (bicyclic) bond motifs is 1. The van der Waals surface area contributed by atoms with E-state index in [1.165, 1.54) is 5.69 Å². The van der Waals surface area contributed by atoms with E-state index >= 15 is 0 Å². The van der Waals surface area contributed by atoms with E-state index in [1.54, 1.807) is 0 Å². The topological polar surface area (TPSA) is 38.1 Å². The van der Waals surface area contributed by atoms with Crippen molar-refractivity contribution in [2.75, 3.05) is 6.54 Å². The summed E-state index contributed by atoms with van der Waals surface area (Å²) >= 11 is 0. The van der Waals surface area contributed by atoms with Crippen molar-refractivity contribution in [2.24, 2.45) is 5.92 Å². The molecule has 2 aromatic rings. The normalized spacial score (nSPS) is 14.4. The number of amides is 1. The third-order valence-corrected chi connectivity index (χ3v) is 3.74. The van der Waals surface area contributed by atoms with Crippen LogP contribution in [0.5, 0.6) is 0 Å². The standard InChI is InChI=1S/C16H19N3O/c1-12(2)16(20)18-9-8-15-13(11-18)10-17-19(15)14-6-4-3-5-7-14/h3-7,10,12H,8-9,11H2,1-2H3. The van der Waals surface area contributed by atoms with Gasteiger partial charge in [0.25, 0.3) is 0 Å². The van der Waals surface area contributed by atoms with Crippen LogP contribution in [0.3, 0.4) is 0 Å². The molecule has 1 aliphatic rings. The summed E-state index contributed by atoms with van der Waals surface area (Å²) in [6.07, 6.45) is 2.75. The average Bonchev–Trinajstić information content (AvgIpc) is 2.90. The smallest absolute Gasteiger partial charge is 0.225 e. The number of rotatable bonds is 2. The first kappa shape index (κ1) is 12.9. The molecule has 20 heavy (non-hydrogen) atoms. The lowest BCUT2D eigenvalue weighted by Crippen LogP contribution is -2.38. The fourth-order valence-corrected chi connectivity index (χ4v) is 2.68. The summed E-state index contributed by atoms with van der Waals surface area (Å²) in [7, 11) is 0. The highest BCUT2D eigenvalue weighted by molar-refractivity contribution is 5.78. The zero-order valence-corrected chi connectivity index (χ0v) is 11.9. The zero-order chi connectivity index (χ0) is 14.1. The van der Waals surface area contributed by atoms with E-state index in [1.807, 2.05) is 47.8 Å². The average molecular weight is 269 g/mol. The van der Waals surface area contributed by atoms with Crippen LogP contribution in [0.1, 0.15) is 25.1 Å². The Labute approximate surface area is 119 Å². The maximum absolute atomic E-state index is 12.1. The van der Waals surface area contributed by atoms with Crippen LogP contribution >= 0.6 is 0 Å². The van der Waals surface area contributed by atoms with Crippen LogP contribution in [-0.2, 0) is 17.8 Å². The van der Waals surface area contributed by atoms with Gasteiger partial charge < -0.3 is 4.90 Å². The van der Waals surface area contributed by atoms with Gasteiger partial charge in [-0.05, 0) is 12.1 Å². The number of hydrogen-bond acceptors (Lipinski definition) is 2. The van der Waals surface area contributed by atoms with Gasteiger partial charge in [0.2, 0.25) is 5.91 Å². The second-order valence-corrected chi connectivity index (χ2v) is 5.53. The van der Waals surface area contributed by atoms with Gasteiger partial charge in [-0.3, -0.25) is 4.79 Å². The first-order valence-electron chi connectivity index (χ1n) is 7.07. The number of benzene rings is 1. The van der Waals surface area contributed by atoms with Crippen LogP contribution in [0, 0.1) is 5.92 Å². The molecular weight excluding hydrogens is 250 g/mol. The molecule has 0 radical (unpaired) electrons. The molecule has 0 aliphatic carbocycles. The highest BCUT2D eigenvalue weighted by atomic mass is 16.2. The predicted octanol–water partition coefficient (Wildman–Crippen LogP) is 2.41. The SMILES string of the molecule is CC(C)C(=O)N1CCc2c(cnn2-c2ccccc2)C1.